The molecular formula is C13H15FO2. The number of benzene rings is 1. The van der Waals surface area contributed by atoms with Crippen LogP contribution in [0.1, 0.15) is 31.7 Å². The predicted molar refractivity (Wildman–Crippen MR) is 58.7 cm³/mol. The molecule has 1 aromatic rings. The van der Waals surface area contributed by atoms with Crippen molar-refractivity contribution in [1.29, 1.82) is 0 Å². The fraction of sp³-hybridized carbons (Fsp3) is 0.462. The summed E-state index contributed by atoms with van der Waals surface area (Å²) in [5.41, 5.74) is -0.243. The molecule has 0 atom stereocenters. The first-order valence-electron chi connectivity index (χ1n) is 5.58. The number of halogens is 1. The summed E-state index contributed by atoms with van der Waals surface area (Å²) in [4.78, 5) is 11.4. The standard InChI is InChI=1S/C13H15FO2/c1-2-9-7-13(8-9,12(15)16)10-4-3-5-11(14)6-10/h3-6,9H,2,7-8H2,1H3,(H,15,16). The zero-order valence-electron chi connectivity index (χ0n) is 9.24. The van der Waals surface area contributed by atoms with Crippen molar-refractivity contribution >= 4 is 5.97 Å². The summed E-state index contributed by atoms with van der Waals surface area (Å²) in [6, 6.07) is 5.98. The van der Waals surface area contributed by atoms with E-state index in [9.17, 15) is 14.3 Å². The fourth-order valence-electron chi connectivity index (χ4n) is 2.53. The van der Waals surface area contributed by atoms with Crippen LogP contribution in [-0.4, -0.2) is 11.1 Å². The molecule has 1 N–H and O–H groups in total. The van der Waals surface area contributed by atoms with Crippen LogP contribution in [0, 0.1) is 11.7 Å². The van der Waals surface area contributed by atoms with Crippen LogP contribution in [0.25, 0.3) is 0 Å². The van der Waals surface area contributed by atoms with E-state index >= 15 is 0 Å². The first-order valence-corrected chi connectivity index (χ1v) is 5.58. The van der Waals surface area contributed by atoms with Crippen molar-refractivity contribution in [1.82, 2.24) is 0 Å². The van der Waals surface area contributed by atoms with E-state index in [0.29, 0.717) is 24.3 Å². The van der Waals surface area contributed by atoms with Crippen LogP contribution in [0.3, 0.4) is 0 Å². The second-order valence-corrected chi connectivity index (χ2v) is 4.58. The maximum atomic E-state index is 13.1. The lowest BCUT2D eigenvalue weighted by Gasteiger charge is -2.44. The van der Waals surface area contributed by atoms with Crippen LogP contribution in [-0.2, 0) is 10.2 Å². The Morgan fingerprint density at radius 2 is 2.25 bits per heavy atom. The molecule has 86 valence electrons. The highest BCUT2D eigenvalue weighted by molar-refractivity contribution is 5.82. The van der Waals surface area contributed by atoms with E-state index in [1.807, 2.05) is 0 Å². The number of carboxylic acids is 1. The summed E-state index contributed by atoms with van der Waals surface area (Å²) in [6.45, 7) is 2.06. The molecule has 0 amide bonds. The fourth-order valence-corrected chi connectivity index (χ4v) is 2.53. The third-order valence-corrected chi connectivity index (χ3v) is 3.64. The average Bonchev–Trinajstić information content (AvgIpc) is 2.16. The lowest BCUT2D eigenvalue weighted by molar-refractivity contribution is -0.149. The molecule has 1 aliphatic carbocycles. The molecule has 0 unspecified atom stereocenters. The summed E-state index contributed by atoms with van der Waals surface area (Å²) in [5, 5.41) is 9.32. The van der Waals surface area contributed by atoms with Crippen LogP contribution in [0.5, 0.6) is 0 Å². The summed E-state index contributed by atoms with van der Waals surface area (Å²) >= 11 is 0. The number of hydrogen-bond acceptors (Lipinski definition) is 1. The molecule has 0 aromatic heterocycles. The van der Waals surface area contributed by atoms with Crippen molar-refractivity contribution in [3.8, 4) is 0 Å². The quantitative estimate of drug-likeness (QED) is 0.853. The molecule has 3 heteroatoms. The first kappa shape index (κ1) is 11.1. The van der Waals surface area contributed by atoms with Crippen LogP contribution in [0.2, 0.25) is 0 Å². The van der Waals surface area contributed by atoms with Gasteiger partial charge in [-0.1, -0.05) is 25.5 Å². The van der Waals surface area contributed by atoms with E-state index in [-0.39, 0.29) is 5.82 Å². The lowest BCUT2D eigenvalue weighted by Crippen LogP contribution is -2.47. The maximum absolute atomic E-state index is 13.1. The van der Waals surface area contributed by atoms with Crippen molar-refractivity contribution in [3.05, 3.63) is 35.6 Å². The molecule has 0 radical (unpaired) electrons. The monoisotopic (exact) mass is 222 g/mol. The minimum atomic E-state index is -0.844. The van der Waals surface area contributed by atoms with Gasteiger partial charge in [0.15, 0.2) is 0 Å². The molecule has 1 saturated carbocycles. The molecule has 0 spiro atoms. The summed E-state index contributed by atoms with van der Waals surface area (Å²) in [6.07, 6.45) is 2.24. The highest BCUT2D eigenvalue weighted by Gasteiger charge is 2.50. The molecule has 0 aliphatic heterocycles. The molecule has 16 heavy (non-hydrogen) atoms. The number of rotatable bonds is 3. The van der Waals surface area contributed by atoms with Gasteiger partial charge in [0, 0.05) is 0 Å². The number of hydrogen-bond donors (Lipinski definition) is 1. The normalized spacial score (nSPS) is 28.5. The van der Waals surface area contributed by atoms with Gasteiger partial charge in [0.2, 0.25) is 0 Å². The molecule has 0 saturated heterocycles. The van der Waals surface area contributed by atoms with Crippen molar-refractivity contribution in [2.24, 2.45) is 5.92 Å². The zero-order valence-corrected chi connectivity index (χ0v) is 9.24. The average molecular weight is 222 g/mol. The van der Waals surface area contributed by atoms with Crippen LogP contribution in [0.15, 0.2) is 24.3 Å². The summed E-state index contributed by atoms with van der Waals surface area (Å²) in [5.74, 6) is -0.736. The summed E-state index contributed by atoms with van der Waals surface area (Å²) < 4.78 is 13.1. The Balaban J connectivity index is 2.32. The smallest absolute Gasteiger partial charge is 0.314 e. The summed E-state index contributed by atoms with van der Waals surface area (Å²) in [7, 11) is 0. The highest BCUT2D eigenvalue weighted by Crippen LogP contribution is 2.49. The predicted octanol–water partition coefficient (Wildman–Crippen LogP) is 2.97. The highest BCUT2D eigenvalue weighted by atomic mass is 19.1. The molecule has 2 nitrogen and oxygen atoms in total. The Kier molecular flexibility index (Phi) is 2.70. The third-order valence-electron chi connectivity index (χ3n) is 3.64. The molecular weight excluding hydrogens is 207 g/mol. The van der Waals surface area contributed by atoms with E-state index in [2.05, 4.69) is 6.92 Å². The minimum absolute atomic E-state index is 0.363. The minimum Gasteiger partial charge on any atom is -0.481 e. The Morgan fingerprint density at radius 3 is 2.75 bits per heavy atom. The van der Waals surface area contributed by atoms with Gasteiger partial charge in [-0.15, -0.1) is 0 Å². The molecule has 2 rings (SSSR count). The van der Waals surface area contributed by atoms with E-state index < -0.39 is 11.4 Å². The van der Waals surface area contributed by atoms with Crippen LogP contribution in [0.4, 0.5) is 4.39 Å². The molecule has 1 aliphatic rings. The topological polar surface area (TPSA) is 37.3 Å². The largest absolute Gasteiger partial charge is 0.481 e. The second-order valence-electron chi connectivity index (χ2n) is 4.58. The molecule has 0 heterocycles. The van der Waals surface area contributed by atoms with Gasteiger partial charge in [0.1, 0.15) is 5.82 Å². The molecule has 0 bridgehead atoms. The molecule has 1 fully saturated rings. The lowest BCUT2D eigenvalue weighted by atomic mass is 9.58. The first-order chi connectivity index (χ1) is 7.58. The Morgan fingerprint density at radius 1 is 1.56 bits per heavy atom. The van der Waals surface area contributed by atoms with Crippen molar-refractivity contribution in [2.45, 2.75) is 31.6 Å². The van der Waals surface area contributed by atoms with Gasteiger partial charge in [-0.05, 0) is 36.5 Å². The van der Waals surface area contributed by atoms with E-state index in [4.69, 9.17) is 0 Å². The second kappa shape index (κ2) is 3.89. The van der Waals surface area contributed by atoms with E-state index in [0.717, 1.165) is 6.42 Å². The van der Waals surface area contributed by atoms with Crippen molar-refractivity contribution < 1.29 is 14.3 Å². The van der Waals surface area contributed by atoms with Gasteiger partial charge in [-0.2, -0.15) is 0 Å². The van der Waals surface area contributed by atoms with Crippen molar-refractivity contribution in [2.75, 3.05) is 0 Å². The van der Waals surface area contributed by atoms with E-state index in [1.165, 1.54) is 12.1 Å². The van der Waals surface area contributed by atoms with Gasteiger partial charge in [0.05, 0.1) is 5.41 Å². The number of aliphatic carboxylic acids is 1. The Bertz CT molecular complexity index is 408. The Hall–Kier alpha value is -1.38. The van der Waals surface area contributed by atoms with E-state index in [1.54, 1.807) is 12.1 Å². The van der Waals surface area contributed by atoms with Gasteiger partial charge >= 0.3 is 5.97 Å². The van der Waals surface area contributed by atoms with Gasteiger partial charge in [0.25, 0.3) is 0 Å². The Labute approximate surface area is 94.1 Å². The van der Waals surface area contributed by atoms with Gasteiger partial charge in [-0.3, -0.25) is 4.79 Å². The van der Waals surface area contributed by atoms with Crippen molar-refractivity contribution in [3.63, 3.8) is 0 Å². The van der Waals surface area contributed by atoms with Crippen LogP contribution < -0.4 is 0 Å². The molecule has 1 aromatic carbocycles. The van der Waals surface area contributed by atoms with Gasteiger partial charge < -0.3 is 5.11 Å². The maximum Gasteiger partial charge on any atom is 0.314 e. The number of carbonyl (C=O) groups is 1. The number of carboxylic acid groups (broad SMARTS) is 1. The van der Waals surface area contributed by atoms with Crippen LogP contribution >= 0.6 is 0 Å². The zero-order chi connectivity index (χ0) is 11.8. The van der Waals surface area contributed by atoms with Gasteiger partial charge in [-0.25, -0.2) is 4.39 Å². The third kappa shape index (κ3) is 1.60. The SMILES string of the molecule is CCC1CC(C(=O)O)(c2cccc(F)c2)C1.